The molecule has 0 spiro atoms. The summed E-state index contributed by atoms with van der Waals surface area (Å²) in [7, 11) is 0. The number of carbonyl (C=O) groups excluding carboxylic acids is 2. The van der Waals surface area contributed by atoms with E-state index < -0.39 is 35.6 Å². The van der Waals surface area contributed by atoms with Crippen LogP contribution in [-0.2, 0) is 11.2 Å². The number of hydrogen-bond acceptors (Lipinski definition) is 7. The number of anilines is 1. The fourth-order valence-corrected chi connectivity index (χ4v) is 3.43. The number of nitrogen functional groups attached to an aromatic ring is 1. The van der Waals surface area contributed by atoms with E-state index >= 15 is 0 Å². The number of nitrogens with zero attached hydrogens (tertiary/aromatic N) is 4. The van der Waals surface area contributed by atoms with Crippen molar-refractivity contribution in [3.8, 4) is 0 Å². The maximum absolute atomic E-state index is 13.7. The van der Waals surface area contributed by atoms with E-state index in [0.29, 0.717) is 25.2 Å². The Morgan fingerprint density at radius 3 is 2.30 bits per heavy atom. The molecule has 0 atom stereocenters. The number of rotatable bonds is 7. The van der Waals surface area contributed by atoms with Crippen molar-refractivity contribution < 1.29 is 23.1 Å². The third kappa shape index (κ3) is 4.28. The van der Waals surface area contributed by atoms with Gasteiger partial charge in [0.25, 0.3) is 0 Å². The van der Waals surface area contributed by atoms with E-state index in [-0.39, 0.29) is 11.4 Å². The number of hydrogen-bond donors (Lipinski definition) is 1. The zero-order valence-corrected chi connectivity index (χ0v) is 17.0. The maximum atomic E-state index is 13.7. The molecule has 2 aromatic rings. The Bertz CT molecular complexity index is 919. The Labute approximate surface area is 173 Å². The van der Waals surface area contributed by atoms with Gasteiger partial charge in [0.05, 0.1) is 11.3 Å². The first kappa shape index (κ1) is 21.7. The normalized spacial score (nSPS) is 14.7. The van der Waals surface area contributed by atoms with Crippen LogP contribution < -0.4 is 10.7 Å². The minimum atomic E-state index is -1.01. The summed E-state index contributed by atoms with van der Waals surface area (Å²) in [5.74, 6) is -3.73. The molecule has 1 aromatic carbocycles. The van der Waals surface area contributed by atoms with E-state index in [2.05, 4.69) is 16.9 Å². The fourth-order valence-electron chi connectivity index (χ4n) is 3.43. The summed E-state index contributed by atoms with van der Waals surface area (Å²) in [4.78, 5) is 28.6. The lowest BCUT2D eigenvalue weighted by molar-refractivity contribution is 0.0472. The van der Waals surface area contributed by atoms with E-state index in [1.165, 1.54) is 4.79 Å². The van der Waals surface area contributed by atoms with E-state index in [9.17, 15) is 18.4 Å². The second-order valence-electron chi connectivity index (χ2n) is 6.93. The smallest absolute Gasteiger partial charge is 0.344 e. The van der Waals surface area contributed by atoms with Gasteiger partial charge in [0.15, 0.2) is 12.4 Å². The molecule has 10 heteroatoms. The third-order valence-electron chi connectivity index (χ3n) is 5.15. The number of aromatic nitrogens is 2. The van der Waals surface area contributed by atoms with Crippen LogP contribution in [0.2, 0.25) is 0 Å². The van der Waals surface area contributed by atoms with Gasteiger partial charge in [0, 0.05) is 26.2 Å². The topological polar surface area (TPSA) is 93.7 Å². The molecule has 162 valence electrons. The number of nitrogens with two attached hydrogens (primary N) is 1. The van der Waals surface area contributed by atoms with Crippen LogP contribution in [0, 0.1) is 11.6 Å². The summed E-state index contributed by atoms with van der Waals surface area (Å²) in [5.41, 5.74) is 5.94. The van der Waals surface area contributed by atoms with Crippen molar-refractivity contribution in [2.24, 2.45) is 0 Å². The van der Waals surface area contributed by atoms with Gasteiger partial charge < -0.3 is 10.5 Å². The number of carbonyl (C=O) groups is 2. The number of aryl methyl sites for hydroxylation is 1. The second-order valence-corrected chi connectivity index (χ2v) is 6.93. The van der Waals surface area contributed by atoms with E-state index in [1.807, 2.05) is 11.9 Å². The van der Waals surface area contributed by atoms with Crippen LogP contribution in [0.15, 0.2) is 18.2 Å². The molecule has 0 saturated carbocycles. The van der Waals surface area contributed by atoms with Crippen molar-refractivity contribution in [3.63, 3.8) is 0 Å². The molecule has 1 saturated heterocycles. The lowest BCUT2D eigenvalue weighted by Crippen LogP contribution is -2.51. The number of likely N-dealkylation sites (N-methyl/N-ethyl adjacent to an activating group) is 1. The molecule has 1 fully saturated rings. The highest BCUT2D eigenvalue weighted by atomic mass is 19.1. The standard InChI is InChI=1S/C20H25F2N5O3/c1-3-15-18(19(23)27(24-15)26-10-8-25(4-2)9-11-26)20(29)30-12-16(28)17-13(21)6-5-7-14(17)22/h5-7H,3-4,8-12,23H2,1-2H3. The first-order valence-electron chi connectivity index (χ1n) is 9.86. The highest BCUT2D eigenvalue weighted by Gasteiger charge is 2.27. The number of ketones is 1. The van der Waals surface area contributed by atoms with Crippen molar-refractivity contribution in [1.29, 1.82) is 0 Å². The minimum Gasteiger partial charge on any atom is -0.454 e. The SMILES string of the molecule is CCc1nn(N2CCN(CC)CC2)c(N)c1C(=O)OCC(=O)c1c(F)cccc1F. The largest absolute Gasteiger partial charge is 0.454 e. The molecule has 3 rings (SSSR count). The molecule has 30 heavy (non-hydrogen) atoms. The number of esters is 1. The molecule has 1 aliphatic heterocycles. The van der Waals surface area contributed by atoms with Crippen molar-refractivity contribution in [3.05, 3.63) is 46.7 Å². The van der Waals surface area contributed by atoms with Gasteiger partial charge in [-0.1, -0.05) is 19.9 Å². The molecule has 1 aliphatic rings. The van der Waals surface area contributed by atoms with E-state index in [4.69, 9.17) is 10.5 Å². The maximum Gasteiger partial charge on any atom is 0.344 e. The van der Waals surface area contributed by atoms with Gasteiger partial charge in [-0.3, -0.25) is 14.7 Å². The predicted octanol–water partition coefficient (Wildman–Crippen LogP) is 1.62. The molecule has 2 heterocycles. The summed E-state index contributed by atoms with van der Waals surface area (Å²) in [6.45, 7) is 7.15. The Hall–Kier alpha value is -3.01. The second kappa shape index (κ2) is 9.21. The van der Waals surface area contributed by atoms with Crippen LogP contribution in [0.1, 0.15) is 40.3 Å². The van der Waals surface area contributed by atoms with E-state index in [1.54, 1.807) is 0 Å². The molecule has 2 N–H and O–H groups in total. The molecule has 0 aliphatic carbocycles. The Morgan fingerprint density at radius 2 is 1.73 bits per heavy atom. The quantitative estimate of drug-likeness (QED) is 0.536. The Morgan fingerprint density at radius 1 is 1.10 bits per heavy atom. The summed E-state index contributed by atoms with van der Waals surface area (Å²) in [5, 5.41) is 6.37. The van der Waals surface area contributed by atoms with Crippen molar-refractivity contribution in [1.82, 2.24) is 14.8 Å². The van der Waals surface area contributed by atoms with Crippen LogP contribution in [0.5, 0.6) is 0 Å². The molecule has 0 unspecified atom stereocenters. The first-order chi connectivity index (χ1) is 14.4. The fraction of sp³-hybridized carbons (Fsp3) is 0.450. The first-order valence-corrected chi connectivity index (χ1v) is 9.86. The zero-order valence-electron chi connectivity index (χ0n) is 17.0. The average molecular weight is 421 g/mol. The third-order valence-corrected chi connectivity index (χ3v) is 5.15. The van der Waals surface area contributed by atoms with Crippen LogP contribution in [0.25, 0.3) is 0 Å². The predicted molar refractivity (Wildman–Crippen MR) is 107 cm³/mol. The Kier molecular flexibility index (Phi) is 6.66. The van der Waals surface area contributed by atoms with Crippen molar-refractivity contribution in [2.45, 2.75) is 20.3 Å². The van der Waals surface area contributed by atoms with Gasteiger partial charge in [-0.05, 0) is 25.1 Å². The highest BCUT2D eigenvalue weighted by molar-refractivity contribution is 6.01. The number of ether oxygens (including phenoxy) is 1. The van der Waals surface area contributed by atoms with Gasteiger partial charge in [-0.15, -0.1) is 0 Å². The van der Waals surface area contributed by atoms with Gasteiger partial charge in [-0.2, -0.15) is 9.89 Å². The number of halogens is 2. The number of benzene rings is 1. The van der Waals surface area contributed by atoms with Gasteiger partial charge in [0.1, 0.15) is 17.2 Å². The van der Waals surface area contributed by atoms with Crippen molar-refractivity contribution >= 4 is 17.6 Å². The van der Waals surface area contributed by atoms with Gasteiger partial charge >= 0.3 is 5.97 Å². The molecular formula is C20H25F2N5O3. The molecule has 8 nitrogen and oxygen atoms in total. The van der Waals surface area contributed by atoms with Crippen LogP contribution in [-0.4, -0.2) is 65.9 Å². The van der Waals surface area contributed by atoms with Crippen LogP contribution >= 0.6 is 0 Å². The summed E-state index contributed by atoms with van der Waals surface area (Å²) < 4.78 is 32.5. The number of piperazine rings is 1. The molecule has 0 bridgehead atoms. The van der Waals surface area contributed by atoms with Gasteiger partial charge in [-0.25, -0.2) is 13.6 Å². The number of Topliss-reactive ketones (excluding diaryl/α,β-unsaturated/α-hetero) is 1. The van der Waals surface area contributed by atoms with Gasteiger partial charge in [0.2, 0.25) is 5.78 Å². The van der Waals surface area contributed by atoms with Crippen molar-refractivity contribution in [2.75, 3.05) is 50.1 Å². The summed E-state index contributed by atoms with van der Waals surface area (Å²) >= 11 is 0. The van der Waals surface area contributed by atoms with Crippen LogP contribution in [0.4, 0.5) is 14.6 Å². The Balaban J connectivity index is 1.74. The molecule has 1 aromatic heterocycles. The molecular weight excluding hydrogens is 396 g/mol. The highest BCUT2D eigenvalue weighted by Crippen LogP contribution is 2.21. The molecule has 0 amide bonds. The summed E-state index contributed by atoms with van der Waals surface area (Å²) in [6.07, 6.45) is 0.423. The zero-order chi connectivity index (χ0) is 21.8. The van der Waals surface area contributed by atoms with Crippen LogP contribution in [0.3, 0.4) is 0 Å². The lowest BCUT2D eigenvalue weighted by atomic mass is 10.1. The average Bonchev–Trinajstić information content (AvgIpc) is 3.08. The van der Waals surface area contributed by atoms with E-state index in [0.717, 1.165) is 37.8 Å². The monoisotopic (exact) mass is 421 g/mol. The lowest BCUT2D eigenvalue weighted by Gasteiger charge is -2.35. The molecule has 0 radical (unpaired) electrons. The minimum absolute atomic E-state index is 0.0669. The summed E-state index contributed by atoms with van der Waals surface area (Å²) in [6, 6.07) is 3.08.